The van der Waals surface area contributed by atoms with Crippen molar-refractivity contribution in [1.29, 1.82) is 5.26 Å². The van der Waals surface area contributed by atoms with Crippen molar-refractivity contribution in [3.05, 3.63) is 44.6 Å². The third-order valence-electron chi connectivity index (χ3n) is 3.67. The van der Waals surface area contributed by atoms with E-state index >= 15 is 8.78 Å². The summed E-state index contributed by atoms with van der Waals surface area (Å²) in [5, 5.41) is 10.8. The van der Waals surface area contributed by atoms with E-state index in [1.807, 2.05) is 0 Å². The fraction of sp³-hybridized carbons (Fsp3) is 0.438. The van der Waals surface area contributed by atoms with Crippen molar-refractivity contribution in [2.24, 2.45) is 0 Å². The first-order chi connectivity index (χ1) is 11.9. The van der Waals surface area contributed by atoms with E-state index in [2.05, 4.69) is 30.6 Å². The predicted octanol–water partition coefficient (Wildman–Crippen LogP) is 4.23. The highest BCUT2D eigenvalue weighted by atomic mass is 79.9. The van der Waals surface area contributed by atoms with Crippen LogP contribution in [0, 0.1) is 11.3 Å². The Hall–Kier alpha value is -1.28. The van der Waals surface area contributed by atoms with Gasteiger partial charge in [-0.2, -0.15) is 14.0 Å². The fourth-order valence-electron chi connectivity index (χ4n) is 2.08. The lowest BCUT2D eigenvalue weighted by atomic mass is 9.89. The number of rotatable bonds is 5. The molecule has 140 valence electrons. The van der Waals surface area contributed by atoms with Gasteiger partial charge in [-0.1, -0.05) is 0 Å². The summed E-state index contributed by atoms with van der Waals surface area (Å²) in [5.74, 6) is -3.63. The number of nitrogens with zero attached hydrogens (tertiary/aromatic N) is 3. The molecule has 2 aromatic rings. The van der Waals surface area contributed by atoms with Crippen molar-refractivity contribution in [3.63, 3.8) is 0 Å². The van der Waals surface area contributed by atoms with Crippen molar-refractivity contribution in [2.45, 2.75) is 43.9 Å². The molecule has 2 heterocycles. The number of thiophene rings is 1. The lowest BCUT2D eigenvalue weighted by Crippen LogP contribution is -2.55. The van der Waals surface area contributed by atoms with E-state index in [-0.39, 0.29) is 10.4 Å². The van der Waals surface area contributed by atoms with E-state index < -0.39 is 32.9 Å². The van der Waals surface area contributed by atoms with Crippen molar-refractivity contribution < 1.29 is 13.0 Å². The highest BCUT2D eigenvalue weighted by Crippen LogP contribution is 2.48. The van der Waals surface area contributed by atoms with Gasteiger partial charge in [0.05, 0.1) is 21.3 Å². The zero-order valence-electron chi connectivity index (χ0n) is 14.5. The number of nitrogens with one attached hydrogen (secondary N) is 1. The Morgan fingerprint density at radius 2 is 2.00 bits per heavy atom. The monoisotopic (exact) mass is 462 g/mol. The maximum Gasteiger partial charge on any atom is 0.314 e. The Labute approximate surface area is 165 Å². The Bertz CT molecular complexity index is 876. The number of nitriles is 1. The van der Waals surface area contributed by atoms with Crippen LogP contribution >= 0.6 is 27.3 Å². The molecule has 0 fully saturated rings. The van der Waals surface area contributed by atoms with Crippen molar-refractivity contribution in [1.82, 2.24) is 14.7 Å². The van der Waals surface area contributed by atoms with E-state index in [9.17, 15) is 9.47 Å². The molecule has 2 rings (SSSR count). The first kappa shape index (κ1) is 21.0. The molecule has 0 spiro atoms. The average Bonchev–Trinajstić information content (AvgIpc) is 3.00. The van der Waals surface area contributed by atoms with Gasteiger partial charge < -0.3 is 0 Å². The van der Waals surface area contributed by atoms with Gasteiger partial charge in [0.25, 0.3) is 0 Å². The lowest BCUT2D eigenvalue weighted by molar-refractivity contribution is -0.0876. The molecule has 0 aliphatic heterocycles. The van der Waals surface area contributed by atoms with Crippen LogP contribution in [-0.2, 0) is 22.4 Å². The molecule has 2 atom stereocenters. The lowest BCUT2D eigenvalue weighted by Gasteiger charge is -2.38. The van der Waals surface area contributed by atoms with E-state index in [4.69, 9.17) is 0 Å². The van der Waals surface area contributed by atoms with Gasteiger partial charge in [0.1, 0.15) is 23.6 Å². The topological polar surface area (TPSA) is 78.7 Å². The second kappa shape index (κ2) is 7.38. The van der Waals surface area contributed by atoms with Gasteiger partial charge in [0.2, 0.25) is 0 Å². The number of hydrogen-bond donors (Lipinski definition) is 1. The van der Waals surface area contributed by atoms with E-state index in [1.165, 1.54) is 6.92 Å². The van der Waals surface area contributed by atoms with Gasteiger partial charge >= 0.3 is 5.92 Å². The van der Waals surface area contributed by atoms with Crippen molar-refractivity contribution in [2.75, 3.05) is 0 Å². The number of aromatic nitrogens is 2. The molecule has 0 saturated heterocycles. The van der Waals surface area contributed by atoms with E-state index in [0.29, 0.717) is 4.47 Å². The quantitative estimate of drug-likeness (QED) is 0.720. The van der Waals surface area contributed by atoms with Crippen LogP contribution in [0.4, 0.5) is 8.78 Å². The molecule has 0 radical (unpaired) electrons. The van der Waals surface area contributed by atoms with Gasteiger partial charge in [-0.3, -0.25) is 0 Å². The minimum atomic E-state index is -3.63. The van der Waals surface area contributed by atoms with Gasteiger partial charge in [-0.05, 0) is 49.7 Å². The molecule has 0 aromatic carbocycles. The number of halogens is 3. The van der Waals surface area contributed by atoms with Crippen LogP contribution in [0.5, 0.6) is 0 Å². The van der Waals surface area contributed by atoms with Gasteiger partial charge in [-0.15, -0.1) is 11.3 Å². The Morgan fingerprint density at radius 1 is 1.35 bits per heavy atom. The molecule has 0 amide bonds. The summed E-state index contributed by atoms with van der Waals surface area (Å²) in [6.45, 7) is 6.32. The smallest absolute Gasteiger partial charge is 0.243 e. The minimum Gasteiger partial charge on any atom is -0.243 e. The SMILES string of the molecule is CC(C)(C)[S@](=O)N[C@](C)(c1cc(Br)cs1)C(F)(F)c1ncncc1C#N. The van der Waals surface area contributed by atoms with Crippen LogP contribution in [-0.4, -0.2) is 18.9 Å². The maximum atomic E-state index is 15.6. The number of alkyl halides is 2. The zero-order chi connectivity index (χ0) is 19.8. The minimum absolute atomic E-state index is 0.259. The van der Waals surface area contributed by atoms with E-state index in [1.54, 1.807) is 38.3 Å². The third-order valence-corrected chi connectivity index (χ3v) is 7.29. The molecular formula is C16H17BrF2N4OS2. The molecule has 5 nitrogen and oxygen atoms in total. The molecule has 1 N–H and O–H groups in total. The van der Waals surface area contributed by atoms with Crippen LogP contribution in [0.15, 0.2) is 28.4 Å². The average molecular weight is 463 g/mol. The largest absolute Gasteiger partial charge is 0.314 e. The molecular weight excluding hydrogens is 446 g/mol. The summed E-state index contributed by atoms with van der Waals surface area (Å²) in [5.41, 5.74) is -3.09. The highest BCUT2D eigenvalue weighted by molar-refractivity contribution is 9.10. The number of hydrogen-bond acceptors (Lipinski definition) is 5. The fourth-order valence-corrected chi connectivity index (χ4v) is 4.64. The third kappa shape index (κ3) is 3.86. The summed E-state index contributed by atoms with van der Waals surface area (Å²) in [6, 6.07) is 3.24. The standard InChI is InChI=1S/C16H17BrF2N4OS2/c1-14(2,3)26(24)23-15(4,12-5-11(17)8-25-12)16(18,19)13-10(6-20)7-21-9-22-13/h5,7-9,23H,1-4H3/t15-,26+/m1/s1. The summed E-state index contributed by atoms with van der Waals surface area (Å²) < 4.78 is 46.4. The molecule has 26 heavy (non-hydrogen) atoms. The molecule has 2 aromatic heterocycles. The second-order valence-electron chi connectivity index (χ2n) is 6.71. The molecule has 0 saturated carbocycles. The zero-order valence-corrected chi connectivity index (χ0v) is 17.7. The van der Waals surface area contributed by atoms with Crippen molar-refractivity contribution >= 4 is 38.3 Å². The normalized spacial score (nSPS) is 15.9. The Morgan fingerprint density at radius 3 is 2.50 bits per heavy atom. The Balaban J connectivity index is 2.67. The van der Waals surface area contributed by atoms with Crippen LogP contribution in [0.1, 0.15) is 43.8 Å². The van der Waals surface area contributed by atoms with Crippen LogP contribution in [0.3, 0.4) is 0 Å². The van der Waals surface area contributed by atoms with Crippen LogP contribution < -0.4 is 4.72 Å². The van der Waals surface area contributed by atoms with Crippen LogP contribution in [0.25, 0.3) is 0 Å². The Kier molecular flexibility index (Phi) is 5.97. The summed E-state index contributed by atoms with van der Waals surface area (Å²) in [6.07, 6.45) is 2.01. The summed E-state index contributed by atoms with van der Waals surface area (Å²) >= 11 is 4.36. The van der Waals surface area contributed by atoms with Gasteiger partial charge in [0.15, 0.2) is 0 Å². The molecule has 0 aliphatic rings. The van der Waals surface area contributed by atoms with E-state index in [0.717, 1.165) is 23.9 Å². The summed E-state index contributed by atoms with van der Waals surface area (Å²) in [4.78, 5) is 7.55. The first-order valence-electron chi connectivity index (χ1n) is 7.46. The predicted molar refractivity (Wildman–Crippen MR) is 101 cm³/mol. The molecule has 0 aliphatic carbocycles. The van der Waals surface area contributed by atoms with Gasteiger partial charge in [0, 0.05) is 20.9 Å². The van der Waals surface area contributed by atoms with Gasteiger partial charge in [-0.25, -0.2) is 18.9 Å². The second-order valence-corrected chi connectivity index (χ2v) is 10.5. The summed E-state index contributed by atoms with van der Waals surface area (Å²) in [7, 11) is -1.79. The molecule has 0 bridgehead atoms. The maximum absolute atomic E-state index is 15.6. The molecule has 10 heteroatoms. The van der Waals surface area contributed by atoms with Crippen LogP contribution in [0.2, 0.25) is 0 Å². The highest BCUT2D eigenvalue weighted by Gasteiger charge is 2.57. The first-order valence-corrected chi connectivity index (χ1v) is 10.3. The molecule has 0 unspecified atom stereocenters. The van der Waals surface area contributed by atoms with Crippen molar-refractivity contribution in [3.8, 4) is 6.07 Å².